The van der Waals surface area contributed by atoms with Gasteiger partial charge >= 0.3 is 0 Å². The molecular weight excluding hydrogens is 354 g/mol. The Balaban J connectivity index is 1.50. The molecule has 28 heavy (non-hydrogen) atoms. The van der Waals surface area contributed by atoms with Gasteiger partial charge < -0.3 is 15.1 Å². The average molecular weight is 381 g/mol. The molecule has 1 aliphatic rings. The highest BCUT2D eigenvalue weighted by Crippen LogP contribution is 2.24. The zero-order chi connectivity index (χ0) is 19.8. The molecule has 0 radical (unpaired) electrons. The number of nitrogens with zero attached hydrogens (tertiary/aromatic N) is 1. The summed E-state index contributed by atoms with van der Waals surface area (Å²) < 4.78 is 5.57. The quantitative estimate of drug-likeness (QED) is 0.690. The predicted molar refractivity (Wildman–Crippen MR) is 108 cm³/mol. The summed E-state index contributed by atoms with van der Waals surface area (Å²) >= 11 is 0. The van der Waals surface area contributed by atoms with Crippen molar-refractivity contribution < 1.29 is 14.0 Å². The number of likely N-dealkylation sites (tertiary alicyclic amines) is 1. The lowest BCUT2D eigenvalue weighted by Crippen LogP contribution is -2.46. The maximum atomic E-state index is 12.4. The van der Waals surface area contributed by atoms with Crippen LogP contribution >= 0.6 is 0 Å². The first-order valence-electron chi connectivity index (χ1n) is 9.72. The van der Waals surface area contributed by atoms with Gasteiger partial charge in [0.2, 0.25) is 11.8 Å². The van der Waals surface area contributed by atoms with Crippen molar-refractivity contribution in [2.75, 3.05) is 19.6 Å². The van der Waals surface area contributed by atoms with Crippen LogP contribution in [0.1, 0.15) is 37.1 Å². The van der Waals surface area contributed by atoms with Crippen LogP contribution in [-0.2, 0) is 9.59 Å². The summed E-state index contributed by atoms with van der Waals surface area (Å²) in [5.74, 6) is 0.343. The van der Waals surface area contributed by atoms with Crippen molar-refractivity contribution in [1.29, 1.82) is 0 Å². The maximum absolute atomic E-state index is 12.4. The lowest BCUT2D eigenvalue weighted by molar-refractivity contribution is -0.126. The van der Waals surface area contributed by atoms with Crippen molar-refractivity contribution in [3.05, 3.63) is 66.1 Å². The van der Waals surface area contributed by atoms with Crippen LogP contribution in [0.5, 0.6) is 0 Å². The van der Waals surface area contributed by atoms with Crippen LogP contribution in [0.4, 0.5) is 0 Å². The first-order valence-corrected chi connectivity index (χ1v) is 9.72. The fourth-order valence-electron chi connectivity index (χ4n) is 3.36. The largest absolute Gasteiger partial charge is 0.468 e. The van der Waals surface area contributed by atoms with Gasteiger partial charge in [-0.25, -0.2) is 0 Å². The topological polar surface area (TPSA) is 74.6 Å². The number of carbonyl (C=O) groups is 2. The van der Waals surface area contributed by atoms with E-state index in [9.17, 15) is 9.59 Å². The molecule has 6 heteroatoms. The zero-order valence-electron chi connectivity index (χ0n) is 16.1. The molecule has 1 aliphatic heterocycles. The third-order valence-corrected chi connectivity index (χ3v) is 4.90. The standard InChI is InChI=1S/C22H27N3O3/c1-17(24-21(26)12-11-18-8-3-2-4-9-18)22(27)23-16-19(20-10-7-15-28-20)25-13-5-6-14-25/h2-4,7-12,15,17,19H,5-6,13-14,16H2,1H3,(H,23,27)(H,24,26)/b12-11+. The van der Waals surface area contributed by atoms with Crippen LogP contribution in [0, 0.1) is 0 Å². The van der Waals surface area contributed by atoms with E-state index >= 15 is 0 Å². The second-order valence-corrected chi connectivity index (χ2v) is 6.99. The number of furan rings is 1. The van der Waals surface area contributed by atoms with Gasteiger partial charge in [-0.15, -0.1) is 0 Å². The Morgan fingerprint density at radius 1 is 1.14 bits per heavy atom. The minimum absolute atomic E-state index is 0.0160. The van der Waals surface area contributed by atoms with Gasteiger partial charge in [-0.1, -0.05) is 30.3 Å². The van der Waals surface area contributed by atoms with Gasteiger partial charge in [0.15, 0.2) is 0 Å². The molecule has 1 fully saturated rings. The van der Waals surface area contributed by atoms with E-state index in [2.05, 4.69) is 15.5 Å². The number of amides is 2. The third-order valence-electron chi connectivity index (χ3n) is 4.90. The Morgan fingerprint density at radius 3 is 2.57 bits per heavy atom. The summed E-state index contributed by atoms with van der Waals surface area (Å²) in [5, 5.41) is 5.65. The molecular formula is C22H27N3O3. The first-order chi connectivity index (χ1) is 13.6. The van der Waals surface area contributed by atoms with Crippen molar-refractivity contribution in [2.24, 2.45) is 0 Å². The van der Waals surface area contributed by atoms with Gasteiger partial charge in [0, 0.05) is 12.6 Å². The monoisotopic (exact) mass is 381 g/mol. The van der Waals surface area contributed by atoms with E-state index in [1.165, 1.54) is 6.08 Å². The Labute approximate surface area is 165 Å². The van der Waals surface area contributed by atoms with E-state index in [0.717, 1.165) is 37.3 Å². The molecule has 2 amide bonds. The van der Waals surface area contributed by atoms with Crippen molar-refractivity contribution in [3.63, 3.8) is 0 Å². The van der Waals surface area contributed by atoms with E-state index in [1.54, 1.807) is 19.3 Å². The highest BCUT2D eigenvalue weighted by molar-refractivity contribution is 5.95. The molecule has 148 valence electrons. The fourth-order valence-corrected chi connectivity index (χ4v) is 3.36. The maximum Gasteiger partial charge on any atom is 0.244 e. The third kappa shape index (κ3) is 5.57. The Hall–Kier alpha value is -2.86. The summed E-state index contributed by atoms with van der Waals surface area (Å²) in [6.45, 7) is 4.13. The van der Waals surface area contributed by atoms with Crippen molar-refractivity contribution in [1.82, 2.24) is 15.5 Å². The summed E-state index contributed by atoms with van der Waals surface area (Å²) in [6.07, 6.45) is 7.13. The minimum atomic E-state index is -0.622. The summed E-state index contributed by atoms with van der Waals surface area (Å²) in [4.78, 5) is 26.8. The van der Waals surface area contributed by atoms with Gasteiger partial charge in [-0.2, -0.15) is 0 Å². The molecule has 2 atom stereocenters. The molecule has 1 aromatic carbocycles. The number of hydrogen-bond donors (Lipinski definition) is 2. The second-order valence-electron chi connectivity index (χ2n) is 6.99. The molecule has 3 rings (SSSR count). The minimum Gasteiger partial charge on any atom is -0.468 e. The van der Waals surface area contributed by atoms with E-state index in [0.29, 0.717) is 6.54 Å². The van der Waals surface area contributed by atoms with Gasteiger partial charge in [0.25, 0.3) is 0 Å². The highest BCUT2D eigenvalue weighted by atomic mass is 16.3. The number of benzene rings is 1. The Morgan fingerprint density at radius 2 is 1.89 bits per heavy atom. The highest BCUT2D eigenvalue weighted by Gasteiger charge is 2.26. The van der Waals surface area contributed by atoms with Crippen LogP contribution in [0.3, 0.4) is 0 Å². The number of rotatable bonds is 8. The van der Waals surface area contributed by atoms with Crippen LogP contribution in [0.25, 0.3) is 6.08 Å². The fraction of sp³-hybridized carbons (Fsp3) is 0.364. The Bertz CT molecular complexity index is 781. The van der Waals surface area contributed by atoms with Crippen molar-refractivity contribution in [2.45, 2.75) is 31.8 Å². The molecule has 2 N–H and O–H groups in total. The summed E-state index contributed by atoms with van der Waals surface area (Å²) in [7, 11) is 0. The van der Waals surface area contributed by atoms with Gasteiger partial charge in [-0.05, 0) is 56.6 Å². The first kappa shape index (κ1) is 19.9. The SMILES string of the molecule is CC(NC(=O)/C=C/c1ccccc1)C(=O)NCC(c1ccco1)N1CCCC1. The van der Waals surface area contributed by atoms with E-state index in [4.69, 9.17) is 4.42 Å². The number of carbonyl (C=O) groups excluding carboxylic acids is 2. The summed E-state index contributed by atoms with van der Waals surface area (Å²) in [6, 6.07) is 12.7. The van der Waals surface area contributed by atoms with E-state index in [1.807, 2.05) is 42.5 Å². The van der Waals surface area contributed by atoms with Crippen molar-refractivity contribution in [3.8, 4) is 0 Å². The van der Waals surface area contributed by atoms with E-state index in [-0.39, 0.29) is 17.9 Å². The van der Waals surface area contributed by atoms with Crippen molar-refractivity contribution >= 4 is 17.9 Å². The lowest BCUT2D eigenvalue weighted by Gasteiger charge is -2.26. The smallest absolute Gasteiger partial charge is 0.244 e. The predicted octanol–water partition coefficient (Wildman–Crippen LogP) is 2.75. The van der Waals surface area contributed by atoms with Gasteiger partial charge in [0.05, 0.1) is 12.3 Å². The Kier molecular flexibility index (Phi) is 7.03. The molecule has 2 unspecified atom stereocenters. The van der Waals surface area contributed by atoms with Crippen LogP contribution in [0.2, 0.25) is 0 Å². The molecule has 0 aliphatic carbocycles. The number of hydrogen-bond acceptors (Lipinski definition) is 4. The van der Waals surface area contributed by atoms with Crippen LogP contribution < -0.4 is 10.6 Å². The zero-order valence-corrected chi connectivity index (χ0v) is 16.1. The van der Waals surface area contributed by atoms with Crippen LogP contribution in [-0.4, -0.2) is 42.4 Å². The summed E-state index contributed by atoms with van der Waals surface area (Å²) in [5.41, 5.74) is 0.932. The molecule has 1 saturated heterocycles. The average Bonchev–Trinajstić information content (AvgIpc) is 3.42. The molecule has 0 spiro atoms. The molecule has 2 aromatic rings. The molecule has 2 heterocycles. The van der Waals surface area contributed by atoms with Gasteiger partial charge in [-0.3, -0.25) is 14.5 Å². The molecule has 1 aromatic heterocycles. The van der Waals surface area contributed by atoms with Crippen LogP contribution in [0.15, 0.2) is 59.2 Å². The van der Waals surface area contributed by atoms with E-state index < -0.39 is 6.04 Å². The normalized spacial score (nSPS) is 16.8. The number of nitrogens with one attached hydrogen (secondary N) is 2. The van der Waals surface area contributed by atoms with Gasteiger partial charge in [0.1, 0.15) is 11.8 Å². The second kappa shape index (κ2) is 9.90. The lowest BCUT2D eigenvalue weighted by atomic mass is 10.2. The molecule has 0 saturated carbocycles. The molecule has 0 bridgehead atoms. The molecule has 6 nitrogen and oxygen atoms in total.